The summed E-state index contributed by atoms with van der Waals surface area (Å²) in [6.45, 7) is 9.98. The molecular weight excluding hydrogens is 316 g/mol. The highest BCUT2D eigenvalue weighted by Crippen LogP contribution is 2.45. The first-order chi connectivity index (χ1) is 12.6. The van der Waals surface area contributed by atoms with Crippen molar-refractivity contribution >= 4 is 5.78 Å². The van der Waals surface area contributed by atoms with E-state index in [9.17, 15) is 4.79 Å². The zero-order valence-electron chi connectivity index (χ0n) is 16.3. The minimum absolute atomic E-state index is 0.145. The summed E-state index contributed by atoms with van der Waals surface area (Å²) in [6, 6.07) is 19.1. The second-order valence-electron chi connectivity index (χ2n) is 6.71. The summed E-state index contributed by atoms with van der Waals surface area (Å²) < 4.78 is 0. The second-order valence-corrected chi connectivity index (χ2v) is 6.71. The Kier molecular flexibility index (Phi) is 5.08. The number of Topliss-reactive ketones (excluding diaryl/α,β-unsaturated/α-hetero) is 1. The van der Waals surface area contributed by atoms with Crippen LogP contribution in [0.5, 0.6) is 0 Å². The maximum absolute atomic E-state index is 12.1. The van der Waals surface area contributed by atoms with Crippen molar-refractivity contribution in [1.29, 1.82) is 0 Å². The van der Waals surface area contributed by atoms with Gasteiger partial charge in [-0.1, -0.05) is 68.4 Å². The predicted molar refractivity (Wildman–Crippen MR) is 111 cm³/mol. The first-order valence-electron chi connectivity index (χ1n) is 9.39. The van der Waals surface area contributed by atoms with Gasteiger partial charge >= 0.3 is 0 Å². The fraction of sp³-hybridized carbons (Fsp3) is 0.240. The van der Waals surface area contributed by atoms with Crippen LogP contribution in [0.15, 0.2) is 54.6 Å². The van der Waals surface area contributed by atoms with Gasteiger partial charge < -0.3 is 0 Å². The molecule has 0 saturated heterocycles. The summed E-state index contributed by atoms with van der Waals surface area (Å²) in [6.07, 6.45) is 0.849. The number of benzene rings is 3. The van der Waals surface area contributed by atoms with Crippen LogP contribution in [0.4, 0.5) is 0 Å². The summed E-state index contributed by atoms with van der Waals surface area (Å²) in [7, 11) is 0. The molecule has 132 valence electrons. The maximum Gasteiger partial charge on any atom is 0.160 e. The third kappa shape index (κ3) is 2.99. The van der Waals surface area contributed by atoms with Gasteiger partial charge in [-0.15, -0.1) is 0 Å². The van der Waals surface area contributed by atoms with E-state index in [0.29, 0.717) is 0 Å². The average molecular weight is 342 g/mol. The van der Waals surface area contributed by atoms with E-state index in [1.165, 1.54) is 44.5 Å². The molecule has 0 N–H and O–H groups in total. The van der Waals surface area contributed by atoms with Crippen LogP contribution in [0, 0.1) is 13.8 Å². The van der Waals surface area contributed by atoms with E-state index in [-0.39, 0.29) is 5.78 Å². The Labute approximate surface area is 156 Å². The normalized spacial score (nSPS) is 11.3. The maximum atomic E-state index is 12.1. The van der Waals surface area contributed by atoms with Crippen molar-refractivity contribution in [2.75, 3.05) is 0 Å². The van der Waals surface area contributed by atoms with Gasteiger partial charge in [-0.2, -0.15) is 0 Å². The molecule has 0 spiro atoms. The van der Waals surface area contributed by atoms with Crippen LogP contribution >= 0.6 is 0 Å². The Morgan fingerprint density at radius 2 is 1.50 bits per heavy atom. The van der Waals surface area contributed by atoms with E-state index >= 15 is 0 Å². The lowest BCUT2D eigenvalue weighted by Crippen LogP contribution is -1.99. The number of carbonyl (C=O) groups is 1. The van der Waals surface area contributed by atoms with E-state index in [2.05, 4.69) is 56.3 Å². The molecule has 0 unspecified atom stereocenters. The summed E-state index contributed by atoms with van der Waals surface area (Å²) in [4.78, 5) is 12.1. The average Bonchev–Trinajstić information content (AvgIpc) is 3.01. The van der Waals surface area contributed by atoms with Crippen LogP contribution < -0.4 is 0 Å². The number of carbonyl (C=O) groups excluding carboxylic acids is 1. The predicted octanol–water partition coefficient (Wildman–Crippen LogP) is 6.77. The lowest BCUT2D eigenvalue weighted by Gasteiger charge is -2.13. The number of ketones is 1. The molecule has 0 amide bonds. The molecule has 0 heterocycles. The van der Waals surface area contributed by atoms with E-state index in [0.717, 1.165) is 12.0 Å². The molecule has 4 rings (SSSR count). The van der Waals surface area contributed by atoms with Gasteiger partial charge in [-0.05, 0) is 71.7 Å². The Morgan fingerprint density at radius 3 is 2.15 bits per heavy atom. The summed E-state index contributed by atoms with van der Waals surface area (Å²) >= 11 is 0. The molecule has 0 aliphatic heterocycles. The number of hydrogen-bond donors (Lipinski definition) is 0. The number of aryl methyl sites for hydroxylation is 2. The van der Waals surface area contributed by atoms with Gasteiger partial charge in [0.1, 0.15) is 0 Å². The lowest BCUT2D eigenvalue weighted by atomic mass is 9.90. The molecule has 0 saturated carbocycles. The molecule has 0 aromatic heterocycles. The molecule has 3 aromatic rings. The van der Waals surface area contributed by atoms with Crippen LogP contribution in [0.25, 0.3) is 22.3 Å². The smallest absolute Gasteiger partial charge is 0.160 e. The molecule has 0 atom stereocenters. The number of fused-ring (bicyclic) bond motifs is 3. The second kappa shape index (κ2) is 7.29. The fourth-order valence-electron chi connectivity index (χ4n) is 3.77. The van der Waals surface area contributed by atoms with Crippen LogP contribution in [-0.4, -0.2) is 5.78 Å². The van der Waals surface area contributed by atoms with Gasteiger partial charge in [0.2, 0.25) is 0 Å². The Hall–Kier alpha value is -2.67. The van der Waals surface area contributed by atoms with E-state index in [1.54, 1.807) is 6.92 Å². The van der Waals surface area contributed by atoms with Gasteiger partial charge in [0.05, 0.1) is 0 Å². The van der Waals surface area contributed by atoms with Crippen molar-refractivity contribution in [2.45, 2.75) is 41.0 Å². The third-order valence-electron chi connectivity index (χ3n) is 5.13. The van der Waals surface area contributed by atoms with Crippen molar-refractivity contribution in [2.24, 2.45) is 0 Å². The summed E-state index contributed by atoms with van der Waals surface area (Å²) in [5.74, 6) is 0.145. The number of hydrogen-bond acceptors (Lipinski definition) is 1. The molecule has 1 aliphatic carbocycles. The zero-order valence-corrected chi connectivity index (χ0v) is 16.3. The minimum atomic E-state index is 0.145. The quantitative estimate of drug-likeness (QED) is 0.367. The molecule has 1 heteroatoms. The van der Waals surface area contributed by atoms with Crippen molar-refractivity contribution < 1.29 is 4.79 Å². The molecule has 1 nitrogen and oxygen atoms in total. The molecule has 3 aromatic carbocycles. The van der Waals surface area contributed by atoms with Gasteiger partial charge in [0.25, 0.3) is 0 Å². The van der Waals surface area contributed by atoms with Crippen molar-refractivity contribution in [3.05, 3.63) is 82.4 Å². The molecule has 0 fully saturated rings. The highest BCUT2D eigenvalue weighted by atomic mass is 16.1. The van der Waals surface area contributed by atoms with Crippen molar-refractivity contribution in [3.63, 3.8) is 0 Å². The molecule has 0 radical (unpaired) electrons. The minimum Gasteiger partial charge on any atom is -0.295 e. The lowest BCUT2D eigenvalue weighted by molar-refractivity contribution is 0.101. The standard InChI is InChI=1S/C23H20O.C2H6/c1-14-11-18-13-22-19(16(3)24)9-10-20(17-7-5-4-6-8-17)23(22)21(18)12-15(14)2;1-2/h4-12H,13H2,1-3H3;1-2H3. The zero-order chi connectivity index (χ0) is 18.8. The molecule has 0 bridgehead atoms. The SMILES string of the molecule is CC.CC(=O)c1ccc(-c2ccccc2)c2c1Cc1cc(C)c(C)cc1-2. The molecule has 1 aliphatic rings. The fourth-order valence-corrected chi connectivity index (χ4v) is 3.77. The van der Waals surface area contributed by atoms with Gasteiger partial charge in [0, 0.05) is 5.56 Å². The van der Waals surface area contributed by atoms with Gasteiger partial charge in [-0.25, -0.2) is 0 Å². The van der Waals surface area contributed by atoms with E-state index in [1.807, 2.05) is 26.0 Å². The van der Waals surface area contributed by atoms with Crippen LogP contribution in [-0.2, 0) is 6.42 Å². The van der Waals surface area contributed by atoms with Gasteiger partial charge in [0.15, 0.2) is 5.78 Å². The van der Waals surface area contributed by atoms with Crippen molar-refractivity contribution in [1.82, 2.24) is 0 Å². The van der Waals surface area contributed by atoms with Crippen LogP contribution in [0.1, 0.15) is 53.4 Å². The summed E-state index contributed by atoms with van der Waals surface area (Å²) in [5, 5.41) is 0. The topological polar surface area (TPSA) is 17.1 Å². The highest BCUT2D eigenvalue weighted by Gasteiger charge is 2.26. The molecule has 26 heavy (non-hydrogen) atoms. The van der Waals surface area contributed by atoms with E-state index < -0.39 is 0 Å². The van der Waals surface area contributed by atoms with Gasteiger partial charge in [-0.3, -0.25) is 4.79 Å². The first kappa shape index (κ1) is 18.1. The Morgan fingerprint density at radius 1 is 0.846 bits per heavy atom. The van der Waals surface area contributed by atoms with E-state index in [4.69, 9.17) is 0 Å². The summed E-state index contributed by atoms with van der Waals surface area (Å²) in [5.41, 5.74) is 10.9. The highest BCUT2D eigenvalue weighted by molar-refractivity contribution is 6.02. The van der Waals surface area contributed by atoms with Crippen molar-refractivity contribution in [3.8, 4) is 22.3 Å². The van der Waals surface area contributed by atoms with Crippen LogP contribution in [0.2, 0.25) is 0 Å². The number of rotatable bonds is 2. The monoisotopic (exact) mass is 342 g/mol. The first-order valence-corrected chi connectivity index (χ1v) is 9.39. The largest absolute Gasteiger partial charge is 0.295 e. The Bertz CT molecular complexity index is 965. The Balaban J connectivity index is 0.000000948. The van der Waals surface area contributed by atoms with Crippen LogP contribution in [0.3, 0.4) is 0 Å². The molecular formula is C25H26O. The third-order valence-corrected chi connectivity index (χ3v) is 5.13.